The van der Waals surface area contributed by atoms with Crippen LogP contribution in [0, 0.1) is 50.7 Å². The van der Waals surface area contributed by atoms with Crippen LogP contribution >= 0.6 is 0 Å². The topological polar surface area (TPSA) is 132 Å². The first-order valence-corrected chi connectivity index (χ1v) is 16.3. The van der Waals surface area contributed by atoms with Crippen LogP contribution in [0.25, 0.3) is 0 Å². The molecule has 42 heavy (non-hydrogen) atoms. The highest BCUT2D eigenvalue weighted by Crippen LogP contribution is 2.89. The van der Waals surface area contributed by atoms with Gasteiger partial charge in [-0.2, -0.15) is 0 Å². The van der Waals surface area contributed by atoms with Crippen LogP contribution in [-0.4, -0.2) is 76.8 Å². The molecular weight excluding hydrogens is 540 g/mol. The van der Waals surface area contributed by atoms with Crippen molar-refractivity contribution in [2.75, 3.05) is 6.61 Å². The molecule has 7 aliphatic rings. The Labute approximate surface area is 249 Å². The van der Waals surface area contributed by atoms with Crippen LogP contribution in [0.2, 0.25) is 0 Å². The van der Waals surface area contributed by atoms with Crippen molar-refractivity contribution in [1.29, 1.82) is 0 Å². The van der Waals surface area contributed by atoms with Crippen molar-refractivity contribution < 1.29 is 43.9 Å². The molecule has 7 fully saturated rings. The molecule has 7 rings (SSSR count). The molecule has 3 N–H and O–H groups in total. The van der Waals surface area contributed by atoms with Crippen molar-refractivity contribution >= 4 is 11.9 Å². The molecule has 2 spiro atoms. The molecule has 9 nitrogen and oxygen atoms in total. The van der Waals surface area contributed by atoms with E-state index in [1.54, 1.807) is 0 Å². The number of carbonyl (C=O) groups is 2. The number of esters is 2. The summed E-state index contributed by atoms with van der Waals surface area (Å²) in [6.07, 6.45) is 1.99. The molecule has 9 heteroatoms. The van der Waals surface area contributed by atoms with E-state index >= 15 is 0 Å². The Morgan fingerprint density at radius 2 is 1.67 bits per heavy atom. The Bertz CT molecular complexity index is 1160. The molecule has 2 heterocycles. The number of fused-ring (bicyclic) bond motifs is 4. The highest BCUT2D eigenvalue weighted by Gasteiger charge is 2.85. The third-order valence-corrected chi connectivity index (χ3v) is 14.5. The highest BCUT2D eigenvalue weighted by molar-refractivity contribution is 5.71. The van der Waals surface area contributed by atoms with E-state index in [1.165, 1.54) is 6.92 Å². The van der Waals surface area contributed by atoms with E-state index in [9.17, 15) is 24.9 Å². The van der Waals surface area contributed by atoms with Crippen LogP contribution in [0.3, 0.4) is 0 Å². The second-order valence-corrected chi connectivity index (χ2v) is 16.3. The van der Waals surface area contributed by atoms with Crippen LogP contribution in [0.4, 0.5) is 0 Å². The molecule has 0 aromatic rings. The highest BCUT2D eigenvalue weighted by atomic mass is 16.7. The van der Waals surface area contributed by atoms with Gasteiger partial charge in [-0.25, -0.2) is 0 Å². The molecule has 236 valence electrons. The van der Waals surface area contributed by atoms with Crippen LogP contribution in [-0.2, 0) is 28.5 Å². The molecule has 2 aliphatic heterocycles. The molecule has 0 amide bonds. The summed E-state index contributed by atoms with van der Waals surface area (Å²) in [5.74, 6) is 0.869. The second-order valence-electron chi connectivity index (χ2n) is 16.3. The fourth-order valence-corrected chi connectivity index (χ4v) is 12.8. The summed E-state index contributed by atoms with van der Waals surface area (Å²) in [5.41, 5.74) is -0.411. The summed E-state index contributed by atoms with van der Waals surface area (Å²) >= 11 is 0. The third kappa shape index (κ3) is 3.55. The van der Waals surface area contributed by atoms with Crippen LogP contribution in [0.15, 0.2) is 0 Å². The number of aliphatic hydroxyl groups is 3. The van der Waals surface area contributed by atoms with Crippen LogP contribution in [0.1, 0.15) is 92.9 Å². The van der Waals surface area contributed by atoms with Gasteiger partial charge >= 0.3 is 11.9 Å². The molecule has 0 radical (unpaired) electrons. The standard InChI is InChI=1S/C33H50O9/c1-16-11-24(36)41-19-12-30(5)21-8-7-20-29(3,4)22(42-28-27(38)26(37)18(35)14-39-28)9-10-32(20)15-33(21,32)13-23(40-17(2)34)31(30,6)25(16)19/h16,18-23,25-28,35,37-38H,7-15H2,1-6H3/t16?,18?,19-,20?,21?,22-,23+,25-,26?,27?,28-,30-,31+,32+,33-/m0/s1. The summed E-state index contributed by atoms with van der Waals surface area (Å²) in [5, 5.41) is 30.7. The first kappa shape index (κ1) is 29.5. The average Bonchev–Trinajstić information content (AvgIpc) is 3.48. The normalized spacial score (nSPS) is 57.5. The summed E-state index contributed by atoms with van der Waals surface area (Å²) in [6, 6.07) is 0. The maximum atomic E-state index is 12.6. The van der Waals surface area contributed by atoms with Gasteiger partial charge in [-0.1, -0.05) is 34.6 Å². The molecule has 6 unspecified atom stereocenters. The average molecular weight is 591 g/mol. The number of carbonyl (C=O) groups excluding carboxylic acids is 2. The lowest BCUT2D eigenvalue weighted by molar-refractivity contribution is -0.303. The van der Waals surface area contributed by atoms with E-state index in [2.05, 4.69) is 34.6 Å². The van der Waals surface area contributed by atoms with E-state index in [0.29, 0.717) is 18.3 Å². The Morgan fingerprint density at radius 3 is 2.38 bits per heavy atom. The molecular formula is C33H50O9. The van der Waals surface area contributed by atoms with Crippen molar-refractivity contribution in [3.05, 3.63) is 0 Å². The molecule has 0 bridgehead atoms. The van der Waals surface area contributed by atoms with Gasteiger partial charge in [-0.15, -0.1) is 0 Å². The SMILES string of the molecule is CC(=O)O[C@@H]1C[C@@]23C[C@@]24CC[C@H](O[C@@H]2OCC(O)C(O)C2O)C(C)(C)C4CCC3[C@]2(C)C[C@@H]3OC(=O)CC(C)[C@@H]3[C@@]12C. The van der Waals surface area contributed by atoms with Crippen molar-refractivity contribution in [2.24, 2.45) is 50.7 Å². The van der Waals surface area contributed by atoms with Gasteiger partial charge in [0.1, 0.15) is 30.5 Å². The minimum atomic E-state index is -1.30. The molecule has 0 aromatic carbocycles. The summed E-state index contributed by atoms with van der Waals surface area (Å²) in [7, 11) is 0. The predicted octanol–water partition coefficient (Wildman–Crippen LogP) is 3.35. The zero-order chi connectivity index (χ0) is 30.2. The van der Waals surface area contributed by atoms with Gasteiger partial charge in [-0.3, -0.25) is 9.59 Å². The van der Waals surface area contributed by atoms with Gasteiger partial charge in [0.15, 0.2) is 6.29 Å². The van der Waals surface area contributed by atoms with Crippen LogP contribution < -0.4 is 0 Å². The van der Waals surface area contributed by atoms with Crippen LogP contribution in [0.5, 0.6) is 0 Å². The van der Waals surface area contributed by atoms with E-state index in [4.69, 9.17) is 18.9 Å². The van der Waals surface area contributed by atoms with Crippen molar-refractivity contribution in [3.8, 4) is 0 Å². The van der Waals surface area contributed by atoms with Gasteiger partial charge in [0.25, 0.3) is 0 Å². The molecule has 2 saturated heterocycles. The zero-order valence-electron chi connectivity index (χ0n) is 26.0. The quantitative estimate of drug-likeness (QED) is 0.334. The van der Waals surface area contributed by atoms with E-state index in [1.807, 2.05) is 0 Å². The van der Waals surface area contributed by atoms with Crippen molar-refractivity contribution in [1.82, 2.24) is 0 Å². The fourth-order valence-electron chi connectivity index (χ4n) is 12.8. The predicted molar refractivity (Wildman–Crippen MR) is 149 cm³/mol. The first-order valence-electron chi connectivity index (χ1n) is 16.3. The minimum absolute atomic E-state index is 0.0639. The monoisotopic (exact) mass is 590 g/mol. The van der Waals surface area contributed by atoms with Gasteiger partial charge < -0.3 is 34.3 Å². The number of rotatable bonds is 3. The molecule has 15 atom stereocenters. The largest absolute Gasteiger partial charge is 0.462 e. The molecule has 0 aromatic heterocycles. The van der Waals surface area contributed by atoms with E-state index in [0.717, 1.165) is 44.9 Å². The van der Waals surface area contributed by atoms with E-state index < -0.39 is 24.6 Å². The zero-order valence-corrected chi connectivity index (χ0v) is 26.0. The van der Waals surface area contributed by atoms with Gasteiger partial charge in [0.05, 0.1) is 12.7 Å². The lowest BCUT2D eigenvalue weighted by Gasteiger charge is -2.65. The number of aliphatic hydroxyl groups excluding tert-OH is 3. The van der Waals surface area contributed by atoms with Crippen molar-refractivity contribution in [2.45, 2.75) is 136 Å². The lowest BCUT2D eigenvalue weighted by Crippen LogP contribution is -2.63. The maximum Gasteiger partial charge on any atom is 0.306 e. The van der Waals surface area contributed by atoms with Gasteiger partial charge in [-0.05, 0) is 84.4 Å². The summed E-state index contributed by atoms with van der Waals surface area (Å²) < 4.78 is 24.5. The first-order chi connectivity index (χ1) is 19.6. The Kier molecular flexibility index (Phi) is 6.42. The Balaban J connectivity index is 1.21. The third-order valence-electron chi connectivity index (χ3n) is 14.5. The summed E-state index contributed by atoms with van der Waals surface area (Å²) in [6.45, 7) is 12.9. The van der Waals surface area contributed by atoms with E-state index in [-0.39, 0.29) is 75.8 Å². The minimum Gasteiger partial charge on any atom is -0.462 e. The Morgan fingerprint density at radius 1 is 0.952 bits per heavy atom. The second kappa shape index (κ2) is 9.15. The number of ether oxygens (including phenoxy) is 4. The Hall–Kier alpha value is -1.26. The summed E-state index contributed by atoms with van der Waals surface area (Å²) in [4.78, 5) is 25.2. The number of hydrogen-bond donors (Lipinski definition) is 3. The fraction of sp³-hybridized carbons (Fsp3) is 0.939. The number of hydrogen-bond acceptors (Lipinski definition) is 9. The van der Waals surface area contributed by atoms with Gasteiger partial charge in [0.2, 0.25) is 0 Å². The lowest BCUT2D eigenvalue weighted by atomic mass is 9.41. The van der Waals surface area contributed by atoms with Gasteiger partial charge in [0, 0.05) is 24.7 Å². The molecule has 5 aliphatic carbocycles. The smallest absolute Gasteiger partial charge is 0.306 e. The van der Waals surface area contributed by atoms with Crippen molar-refractivity contribution in [3.63, 3.8) is 0 Å². The maximum absolute atomic E-state index is 12.6. The molecule has 5 saturated carbocycles.